The fourth-order valence-electron chi connectivity index (χ4n) is 3.37. The van der Waals surface area contributed by atoms with Gasteiger partial charge in [0.15, 0.2) is 5.43 Å². The number of hydrogen-bond donors (Lipinski definition) is 0. The summed E-state index contributed by atoms with van der Waals surface area (Å²) in [5, 5.41) is 9.03. The quantitative estimate of drug-likeness (QED) is 0.511. The minimum atomic E-state index is -0.638. The molecule has 132 valence electrons. The lowest BCUT2D eigenvalue weighted by Gasteiger charge is -2.21. The Bertz CT molecular complexity index is 1240. The molecule has 2 aromatic carbocycles. The highest BCUT2D eigenvalue weighted by atomic mass is 35.5. The largest absolute Gasteiger partial charge is 0.450 e. The number of carbonyl (C=O) groups excluding carboxylic acids is 1. The summed E-state index contributed by atoms with van der Waals surface area (Å²) in [6, 6.07) is 13.5. The minimum absolute atomic E-state index is 0.0267. The number of fused-ring (bicyclic) bond motifs is 2. The molecule has 3 heterocycles. The van der Waals surface area contributed by atoms with E-state index in [9.17, 15) is 9.59 Å². The van der Waals surface area contributed by atoms with Gasteiger partial charge in [-0.05, 0) is 23.8 Å². The lowest BCUT2D eigenvalue weighted by molar-refractivity contribution is 0.0970. The van der Waals surface area contributed by atoms with Crippen molar-refractivity contribution in [1.29, 1.82) is 0 Å². The zero-order valence-corrected chi connectivity index (χ0v) is 15.2. The van der Waals surface area contributed by atoms with E-state index in [1.807, 2.05) is 30.3 Å². The molecule has 0 saturated carbocycles. The van der Waals surface area contributed by atoms with Crippen LogP contribution in [0.4, 0.5) is 5.13 Å². The second kappa shape index (κ2) is 6.00. The Labute approximate surface area is 161 Å². The van der Waals surface area contributed by atoms with E-state index in [4.69, 9.17) is 16.0 Å². The van der Waals surface area contributed by atoms with Gasteiger partial charge < -0.3 is 4.42 Å². The predicted octanol–water partition coefficient (Wildman–Crippen LogP) is 4.05. The number of rotatable bonds is 2. The molecule has 0 aliphatic carbocycles. The van der Waals surface area contributed by atoms with Crippen LogP contribution in [-0.4, -0.2) is 16.1 Å². The third kappa shape index (κ3) is 2.39. The maximum Gasteiger partial charge on any atom is 0.297 e. The first-order chi connectivity index (χ1) is 13.1. The first kappa shape index (κ1) is 16.2. The topological polar surface area (TPSA) is 76.3 Å². The Hall–Kier alpha value is -3.03. The second-order valence-corrected chi connectivity index (χ2v) is 7.27. The molecule has 0 fully saturated rings. The highest BCUT2D eigenvalue weighted by Crippen LogP contribution is 2.41. The third-order valence-corrected chi connectivity index (χ3v) is 5.43. The molecule has 0 radical (unpaired) electrons. The molecule has 0 N–H and O–H groups in total. The number of halogens is 1. The van der Waals surface area contributed by atoms with Crippen molar-refractivity contribution in [2.24, 2.45) is 0 Å². The molecule has 1 atom stereocenters. The Morgan fingerprint density at radius 2 is 1.93 bits per heavy atom. The van der Waals surface area contributed by atoms with E-state index in [1.54, 1.807) is 23.7 Å². The van der Waals surface area contributed by atoms with Gasteiger partial charge in [0.05, 0.1) is 17.0 Å². The van der Waals surface area contributed by atoms with Crippen molar-refractivity contribution in [3.63, 3.8) is 0 Å². The fraction of sp³-hybridized carbons (Fsp3) is 0.0526. The maximum atomic E-state index is 13.3. The summed E-state index contributed by atoms with van der Waals surface area (Å²) < 4.78 is 5.84. The smallest absolute Gasteiger partial charge is 0.297 e. The van der Waals surface area contributed by atoms with E-state index in [-0.39, 0.29) is 16.8 Å². The van der Waals surface area contributed by atoms with Crippen molar-refractivity contribution in [3.8, 4) is 0 Å². The average molecular weight is 396 g/mol. The molecular weight excluding hydrogens is 386 g/mol. The Morgan fingerprint density at radius 3 is 2.67 bits per heavy atom. The second-order valence-electron chi connectivity index (χ2n) is 6.02. The van der Waals surface area contributed by atoms with Crippen LogP contribution in [0.1, 0.15) is 27.7 Å². The Balaban J connectivity index is 1.85. The number of amides is 1. The molecule has 2 aromatic heterocycles. The molecular formula is C19H10ClN3O3S. The molecule has 1 unspecified atom stereocenters. The standard InChI is InChI=1S/C19H10ClN3O3S/c20-11-6-7-13-12(8-11)16(24)14-15(10-4-2-1-3-5-10)23(18(25)17(14)26-13)19-22-21-9-27-19/h1-9,15H. The van der Waals surface area contributed by atoms with Crippen LogP contribution >= 0.6 is 22.9 Å². The van der Waals surface area contributed by atoms with Crippen molar-refractivity contribution in [3.05, 3.63) is 86.2 Å². The van der Waals surface area contributed by atoms with Gasteiger partial charge in [0.1, 0.15) is 11.1 Å². The van der Waals surface area contributed by atoms with Gasteiger partial charge in [-0.3, -0.25) is 14.5 Å². The van der Waals surface area contributed by atoms with Gasteiger partial charge in [0.2, 0.25) is 10.9 Å². The summed E-state index contributed by atoms with van der Waals surface area (Å²) in [4.78, 5) is 27.9. The SMILES string of the molecule is O=C1c2oc3ccc(Cl)cc3c(=O)c2C(c2ccccc2)N1c1nncs1. The van der Waals surface area contributed by atoms with Gasteiger partial charge in [0, 0.05) is 5.02 Å². The van der Waals surface area contributed by atoms with Crippen molar-refractivity contribution in [2.45, 2.75) is 6.04 Å². The Kier molecular flexibility index (Phi) is 3.60. The molecule has 5 rings (SSSR count). The van der Waals surface area contributed by atoms with E-state index >= 15 is 0 Å². The molecule has 1 aliphatic rings. The van der Waals surface area contributed by atoms with Crippen LogP contribution < -0.4 is 10.3 Å². The van der Waals surface area contributed by atoms with Gasteiger partial charge in [0.25, 0.3) is 5.91 Å². The van der Waals surface area contributed by atoms with E-state index in [0.29, 0.717) is 21.1 Å². The highest BCUT2D eigenvalue weighted by molar-refractivity contribution is 7.13. The van der Waals surface area contributed by atoms with Crippen molar-refractivity contribution in [1.82, 2.24) is 10.2 Å². The molecule has 0 saturated heterocycles. The van der Waals surface area contributed by atoms with Gasteiger partial charge in [-0.1, -0.05) is 53.3 Å². The van der Waals surface area contributed by atoms with Crippen LogP contribution in [0.25, 0.3) is 11.0 Å². The summed E-state index contributed by atoms with van der Waals surface area (Å²) in [5.74, 6) is -0.386. The molecule has 27 heavy (non-hydrogen) atoms. The molecule has 1 amide bonds. The summed E-state index contributed by atoms with van der Waals surface area (Å²) in [6.45, 7) is 0. The average Bonchev–Trinajstić information content (AvgIpc) is 3.30. The van der Waals surface area contributed by atoms with Crippen LogP contribution in [0.15, 0.2) is 63.3 Å². The highest BCUT2D eigenvalue weighted by Gasteiger charge is 2.44. The molecule has 4 aromatic rings. The third-order valence-electron chi connectivity index (χ3n) is 4.50. The number of carbonyl (C=O) groups is 1. The fourth-order valence-corrected chi connectivity index (χ4v) is 4.12. The summed E-state index contributed by atoms with van der Waals surface area (Å²) >= 11 is 7.28. The lowest BCUT2D eigenvalue weighted by atomic mass is 9.99. The first-order valence-corrected chi connectivity index (χ1v) is 9.32. The Morgan fingerprint density at radius 1 is 1.11 bits per heavy atom. The first-order valence-electron chi connectivity index (χ1n) is 8.06. The van der Waals surface area contributed by atoms with E-state index < -0.39 is 11.9 Å². The van der Waals surface area contributed by atoms with Gasteiger partial charge in [-0.15, -0.1) is 10.2 Å². The number of anilines is 1. The number of aromatic nitrogens is 2. The molecule has 8 heteroatoms. The van der Waals surface area contributed by atoms with Crippen LogP contribution in [0.5, 0.6) is 0 Å². The van der Waals surface area contributed by atoms with Crippen LogP contribution in [0.3, 0.4) is 0 Å². The monoisotopic (exact) mass is 395 g/mol. The number of nitrogens with zero attached hydrogens (tertiary/aromatic N) is 3. The minimum Gasteiger partial charge on any atom is -0.450 e. The zero-order chi connectivity index (χ0) is 18.5. The summed E-state index contributed by atoms with van der Waals surface area (Å²) in [5.41, 5.74) is 2.66. The van der Waals surface area contributed by atoms with E-state index in [0.717, 1.165) is 5.56 Å². The van der Waals surface area contributed by atoms with Gasteiger partial charge in [-0.2, -0.15) is 0 Å². The van der Waals surface area contributed by atoms with Crippen LogP contribution in [-0.2, 0) is 0 Å². The van der Waals surface area contributed by atoms with E-state index in [1.165, 1.54) is 16.2 Å². The van der Waals surface area contributed by atoms with E-state index in [2.05, 4.69) is 10.2 Å². The number of benzene rings is 2. The molecule has 6 nitrogen and oxygen atoms in total. The maximum absolute atomic E-state index is 13.3. The van der Waals surface area contributed by atoms with Crippen molar-refractivity contribution < 1.29 is 9.21 Å². The number of hydrogen-bond acceptors (Lipinski definition) is 6. The van der Waals surface area contributed by atoms with Crippen LogP contribution in [0.2, 0.25) is 5.02 Å². The lowest BCUT2D eigenvalue weighted by Crippen LogP contribution is -2.29. The summed E-state index contributed by atoms with van der Waals surface area (Å²) in [6.07, 6.45) is 0. The summed E-state index contributed by atoms with van der Waals surface area (Å²) in [7, 11) is 0. The van der Waals surface area contributed by atoms with Gasteiger partial charge >= 0.3 is 0 Å². The molecule has 0 bridgehead atoms. The molecule has 0 spiro atoms. The van der Waals surface area contributed by atoms with Crippen LogP contribution in [0, 0.1) is 0 Å². The normalized spacial score (nSPS) is 16.1. The van der Waals surface area contributed by atoms with Gasteiger partial charge in [-0.25, -0.2) is 0 Å². The van der Waals surface area contributed by atoms with Crippen molar-refractivity contribution in [2.75, 3.05) is 4.90 Å². The predicted molar refractivity (Wildman–Crippen MR) is 102 cm³/mol. The zero-order valence-electron chi connectivity index (χ0n) is 13.6. The molecule has 1 aliphatic heterocycles. The van der Waals surface area contributed by atoms with Crippen molar-refractivity contribution >= 4 is 44.9 Å².